The summed E-state index contributed by atoms with van der Waals surface area (Å²) in [7, 11) is -3.26. The molecule has 1 aromatic rings. The van der Waals surface area contributed by atoms with Gasteiger partial charge in [-0.3, -0.25) is 0 Å². The monoisotopic (exact) mass is 197 g/mol. The second-order valence-electron chi connectivity index (χ2n) is 2.74. The van der Waals surface area contributed by atoms with E-state index in [2.05, 4.69) is 11.6 Å². The van der Waals surface area contributed by atoms with Gasteiger partial charge in [0.25, 0.3) is 0 Å². The fraction of sp³-hybridized carbons (Fsp3) is 0.222. The molecule has 0 aliphatic heterocycles. The van der Waals surface area contributed by atoms with Crippen LogP contribution in [0.2, 0.25) is 0 Å². The number of nitrogens with zero attached hydrogens (tertiary/aromatic N) is 1. The van der Waals surface area contributed by atoms with Crippen LogP contribution in [0.4, 0.5) is 0 Å². The van der Waals surface area contributed by atoms with E-state index in [9.17, 15) is 8.42 Å². The molecule has 0 atom stereocenters. The SMILES string of the molecule is C=CCS(=O)(=O)c1cc(C)ccn1. The van der Waals surface area contributed by atoms with Gasteiger partial charge < -0.3 is 0 Å². The molecule has 0 aromatic carbocycles. The second-order valence-corrected chi connectivity index (χ2v) is 4.72. The molecule has 0 unspecified atom stereocenters. The maximum absolute atomic E-state index is 11.5. The summed E-state index contributed by atoms with van der Waals surface area (Å²) in [5.74, 6) is -0.0660. The first-order valence-corrected chi connectivity index (χ1v) is 5.48. The Morgan fingerprint density at radius 2 is 2.31 bits per heavy atom. The molecule has 1 heterocycles. The number of rotatable bonds is 3. The van der Waals surface area contributed by atoms with Crippen molar-refractivity contribution in [3.05, 3.63) is 36.5 Å². The van der Waals surface area contributed by atoms with Gasteiger partial charge in [-0.1, -0.05) is 6.08 Å². The summed E-state index contributed by atoms with van der Waals surface area (Å²) in [4.78, 5) is 3.79. The van der Waals surface area contributed by atoms with Crippen LogP contribution in [0.25, 0.3) is 0 Å². The Kier molecular flexibility index (Phi) is 2.83. The third kappa shape index (κ3) is 2.39. The summed E-state index contributed by atoms with van der Waals surface area (Å²) in [6.07, 6.45) is 2.85. The Bertz CT molecular complexity index is 409. The highest BCUT2D eigenvalue weighted by Crippen LogP contribution is 2.09. The molecule has 70 valence electrons. The van der Waals surface area contributed by atoms with E-state index in [0.29, 0.717) is 0 Å². The van der Waals surface area contributed by atoms with Gasteiger partial charge in [-0.15, -0.1) is 6.58 Å². The highest BCUT2D eigenvalue weighted by atomic mass is 32.2. The Hall–Kier alpha value is -1.16. The van der Waals surface area contributed by atoms with Crippen LogP contribution in [0.15, 0.2) is 36.0 Å². The Morgan fingerprint density at radius 3 is 2.85 bits per heavy atom. The van der Waals surface area contributed by atoms with E-state index in [1.165, 1.54) is 12.3 Å². The summed E-state index contributed by atoms with van der Waals surface area (Å²) < 4.78 is 22.9. The quantitative estimate of drug-likeness (QED) is 0.687. The first-order chi connectivity index (χ1) is 6.06. The van der Waals surface area contributed by atoms with E-state index in [0.717, 1.165) is 5.56 Å². The number of hydrogen-bond acceptors (Lipinski definition) is 3. The van der Waals surface area contributed by atoms with Crippen LogP contribution >= 0.6 is 0 Å². The number of aryl methyl sites for hydroxylation is 1. The lowest BCUT2D eigenvalue weighted by atomic mass is 10.3. The molecule has 0 saturated heterocycles. The van der Waals surface area contributed by atoms with Crippen molar-refractivity contribution in [3.63, 3.8) is 0 Å². The lowest BCUT2D eigenvalue weighted by Gasteiger charge is -2.00. The maximum atomic E-state index is 11.5. The molecule has 0 aliphatic carbocycles. The molecule has 0 amide bonds. The average molecular weight is 197 g/mol. The van der Waals surface area contributed by atoms with Gasteiger partial charge in [0, 0.05) is 6.20 Å². The summed E-state index contributed by atoms with van der Waals surface area (Å²) in [5.41, 5.74) is 0.887. The van der Waals surface area contributed by atoms with Crippen LogP contribution in [0.1, 0.15) is 5.56 Å². The molecule has 1 rings (SSSR count). The van der Waals surface area contributed by atoms with Crippen molar-refractivity contribution in [2.75, 3.05) is 5.75 Å². The third-order valence-electron chi connectivity index (χ3n) is 1.55. The highest BCUT2D eigenvalue weighted by molar-refractivity contribution is 7.91. The molecule has 1 aromatic heterocycles. The smallest absolute Gasteiger partial charge is 0.199 e. The highest BCUT2D eigenvalue weighted by Gasteiger charge is 2.13. The van der Waals surface area contributed by atoms with E-state index < -0.39 is 9.84 Å². The van der Waals surface area contributed by atoms with Crippen molar-refractivity contribution in [1.82, 2.24) is 4.98 Å². The van der Waals surface area contributed by atoms with Crippen molar-refractivity contribution in [3.8, 4) is 0 Å². The van der Waals surface area contributed by atoms with Crippen LogP contribution in [0.5, 0.6) is 0 Å². The minimum Gasteiger partial charge on any atom is -0.245 e. The van der Waals surface area contributed by atoms with Crippen molar-refractivity contribution >= 4 is 9.84 Å². The predicted molar refractivity (Wildman–Crippen MR) is 51.2 cm³/mol. The molecule has 4 heteroatoms. The van der Waals surface area contributed by atoms with Crippen LogP contribution in [-0.2, 0) is 9.84 Å². The molecule has 0 bridgehead atoms. The predicted octanol–water partition coefficient (Wildman–Crippen LogP) is 1.35. The topological polar surface area (TPSA) is 47.0 Å². The lowest BCUT2D eigenvalue weighted by molar-refractivity contribution is 0.595. The first kappa shape index (κ1) is 9.92. The number of sulfone groups is 1. The number of pyridine rings is 1. The third-order valence-corrected chi connectivity index (χ3v) is 3.08. The standard InChI is InChI=1S/C9H11NO2S/c1-3-6-13(11,12)9-7-8(2)4-5-10-9/h3-5,7H,1,6H2,2H3. The summed E-state index contributed by atoms with van der Waals surface area (Å²) in [6, 6.07) is 3.31. The zero-order valence-corrected chi connectivity index (χ0v) is 8.21. The van der Waals surface area contributed by atoms with Crippen molar-refractivity contribution < 1.29 is 8.42 Å². The Balaban J connectivity index is 3.15. The Morgan fingerprint density at radius 1 is 1.62 bits per heavy atom. The van der Waals surface area contributed by atoms with Gasteiger partial charge in [-0.05, 0) is 24.6 Å². The van der Waals surface area contributed by atoms with Crippen molar-refractivity contribution in [1.29, 1.82) is 0 Å². The molecule has 0 saturated carbocycles. The van der Waals surface area contributed by atoms with Gasteiger partial charge in [0.05, 0.1) is 5.75 Å². The molecule has 0 aliphatic rings. The first-order valence-electron chi connectivity index (χ1n) is 3.82. The molecular formula is C9H11NO2S. The van der Waals surface area contributed by atoms with Gasteiger partial charge in [-0.2, -0.15) is 0 Å². The maximum Gasteiger partial charge on any atom is 0.199 e. The number of hydrogen-bond donors (Lipinski definition) is 0. The van der Waals surface area contributed by atoms with Gasteiger partial charge >= 0.3 is 0 Å². The summed E-state index contributed by atoms with van der Waals surface area (Å²) in [6.45, 7) is 5.21. The zero-order valence-electron chi connectivity index (χ0n) is 7.40. The normalized spacial score (nSPS) is 11.2. The fourth-order valence-corrected chi connectivity index (χ4v) is 1.99. The van der Waals surface area contributed by atoms with Crippen molar-refractivity contribution in [2.45, 2.75) is 11.9 Å². The fourth-order valence-electron chi connectivity index (χ4n) is 0.919. The molecule has 13 heavy (non-hydrogen) atoms. The van der Waals surface area contributed by atoms with Gasteiger partial charge in [0.15, 0.2) is 14.9 Å². The molecule has 0 N–H and O–H groups in total. The largest absolute Gasteiger partial charge is 0.245 e. The summed E-state index contributed by atoms with van der Waals surface area (Å²) in [5, 5.41) is 0.118. The molecule has 3 nitrogen and oxygen atoms in total. The second kappa shape index (κ2) is 3.70. The van der Waals surface area contributed by atoms with Crippen LogP contribution in [0, 0.1) is 6.92 Å². The molecular weight excluding hydrogens is 186 g/mol. The zero-order chi connectivity index (χ0) is 9.90. The molecule has 0 fully saturated rings. The average Bonchev–Trinajstić information content (AvgIpc) is 2.04. The molecule has 0 radical (unpaired) electrons. The van der Waals surface area contributed by atoms with Crippen LogP contribution < -0.4 is 0 Å². The summed E-state index contributed by atoms with van der Waals surface area (Å²) >= 11 is 0. The van der Waals surface area contributed by atoms with Gasteiger partial charge in [0.1, 0.15) is 0 Å². The van der Waals surface area contributed by atoms with Gasteiger partial charge in [-0.25, -0.2) is 13.4 Å². The minimum absolute atomic E-state index is 0.0660. The van der Waals surface area contributed by atoms with Crippen LogP contribution in [0.3, 0.4) is 0 Å². The number of aromatic nitrogens is 1. The van der Waals surface area contributed by atoms with Crippen LogP contribution in [-0.4, -0.2) is 19.2 Å². The van der Waals surface area contributed by atoms with Crippen molar-refractivity contribution in [2.24, 2.45) is 0 Å². The van der Waals surface area contributed by atoms with E-state index in [1.54, 1.807) is 12.1 Å². The van der Waals surface area contributed by atoms with Gasteiger partial charge in [0.2, 0.25) is 0 Å². The molecule has 0 spiro atoms. The van der Waals surface area contributed by atoms with E-state index in [1.807, 2.05) is 6.92 Å². The van der Waals surface area contributed by atoms with E-state index >= 15 is 0 Å². The minimum atomic E-state index is -3.26. The lowest BCUT2D eigenvalue weighted by Crippen LogP contribution is -2.06. The Labute approximate surface area is 78.0 Å². The van der Waals surface area contributed by atoms with E-state index in [4.69, 9.17) is 0 Å². The van der Waals surface area contributed by atoms with E-state index in [-0.39, 0.29) is 10.8 Å².